The van der Waals surface area contributed by atoms with Gasteiger partial charge in [0.1, 0.15) is 5.82 Å². The Labute approximate surface area is 148 Å². The van der Waals surface area contributed by atoms with Gasteiger partial charge in [-0.25, -0.2) is 4.39 Å². The number of hydrogen-bond donors (Lipinski definition) is 0. The minimum absolute atomic E-state index is 0.238. The maximum Gasteiger partial charge on any atom is 0.233 e. The van der Waals surface area contributed by atoms with Gasteiger partial charge in [0.05, 0.1) is 18.6 Å². The minimum Gasteiger partial charge on any atom is -0.379 e. The molecule has 4 rings (SSSR count). The molecule has 1 aromatic carbocycles. The fourth-order valence-electron chi connectivity index (χ4n) is 4.54. The highest BCUT2D eigenvalue weighted by Gasteiger charge is 2.48. The van der Waals surface area contributed by atoms with Crippen LogP contribution in [-0.2, 0) is 14.9 Å². The highest BCUT2D eigenvalue weighted by atomic mass is 19.1. The molecule has 0 aromatic heterocycles. The summed E-state index contributed by atoms with van der Waals surface area (Å²) in [5.41, 5.74) is 0.587. The second kappa shape index (κ2) is 7.04. The van der Waals surface area contributed by atoms with Crippen LogP contribution in [0.3, 0.4) is 0 Å². The molecule has 0 bridgehead atoms. The first-order valence-corrected chi connectivity index (χ1v) is 9.53. The Morgan fingerprint density at radius 3 is 2.52 bits per heavy atom. The van der Waals surface area contributed by atoms with Crippen LogP contribution in [0, 0.1) is 11.7 Å². The SMILES string of the molecule is O=C(N1CCC(CN2CCOCC2)C1)C1(c2ccc(F)cc2)CCC1. The number of nitrogens with zero attached hydrogens (tertiary/aromatic N) is 2. The zero-order chi connectivity index (χ0) is 17.3. The van der Waals surface area contributed by atoms with Crippen molar-refractivity contribution >= 4 is 5.91 Å². The molecule has 25 heavy (non-hydrogen) atoms. The molecule has 136 valence electrons. The van der Waals surface area contributed by atoms with Gasteiger partial charge < -0.3 is 9.64 Å². The maximum atomic E-state index is 13.3. The van der Waals surface area contributed by atoms with E-state index in [0.717, 1.165) is 77.2 Å². The van der Waals surface area contributed by atoms with Crippen molar-refractivity contribution in [1.29, 1.82) is 0 Å². The lowest BCUT2D eigenvalue weighted by atomic mass is 9.63. The summed E-state index contributed by atoms with van der Waals surface area (Å²) in [5, 5.41) is 0. The zero-order valence-corrected chi connectivity index (χ0v) is 14.8. The molecule has 0 radical (unpaired) electrons. The van der Waals surface area contributed by atoms with Gasteiger partial charge >= 0.3 is 0 Å². The number of likely N-dealkylation sites (tertiary alicyclic amines) is 1. The number of carbonyl (C=O) groups is 1. The third kappa shape index (κ3) is 3.32. The molecule has 0 N–H and O–H groups in total. The van der Waals surface area contributed by atoms with Crippen LogP contribution >= 0.6 is 0 Å². The molecular formula is C20H27FN2O2. The Balaban J connectivity index is 1.41. The van der Waals surface area contributed by atoms with E-state index >= 15 is 0 Å². The molecule has 1 amide bonds. The van der Waals surface area contributed by atoms with E-state index in [4.69, 9.17) is 4.74 Å². The standard InChI is InChI=1S/C20H27FN2O2/c21-18-4-2-17(3-5-18)20(7-1-8-20)19(24)23-9-6-16(15-23)14-22-10-12-25-13-11-22/h2-5,16H,1,6-15H2. The Morgan fingerprint density at radius 2 is 1.88 bits per heavy atom. The lowest BCUT2D eigenvalue weighted by Gasteiger charge is -2.43. The molecule has 1 aromatic rings. The summed E-state index contributed by atoms with van der Waals surface area (Å²) >= 11 is 0. The molecule has 2 saturated heterocycles. The average molecular weight is 346 g/mol. The molecule has 2 aliphatic heterocycles. The van der Waals surface area contributed by atoms with Crippen LogP contribution in [0.1, 0.15) is 31.2 Å². The number of amides is 1. The van der Waals surface area contributed by atoms with Crippen LogP contribution in [0.4, 0.5) is 4.39 Å². The van der Waals surface area contributed by atoms with Gasteiger partial charge in [-0.1, -0.05) is 18.6 Å². The minimum atomic E-state index is -0.401. The first-order valence-electron chi connectivity index (χ1n) is 9.53. The van der Waals surface area contributed by atoms with Gasteiger partial charge in [-0.15, -0.1) is 0 Å². The van der Waals surface area contributed by atoms with E-state index in [-0.39, 0.29) is 11.7 Å². The molecule has 2 heterocycles. The lowest BCUT2D eigenvalue weighted by Crippen LogP contribution is -2.50. The van der Waals surface area contributed by atoms with Crippen molar-refractivity contribution in [3.05, 3.63) is 35.6 Å². The molecule has 3 fully saturated rings. The van der Waals surface area contributed by atoms with Gasteiger partial charge in [0.15, 0.2) is 0 Å². The van der Waals surface area contributed by atoms with Crippen molar-refractivity contribution in [3.63, 3.8) is 0 Å². The largest absolute Gasteiger partial charge is 0.379 e. The Bertz CT molecular complexity index is 609. The summed E-state index contributed by atoms with van der Waals surface area (Å²) in [7, 11) is 0. The number of benzene rings is 1. The summed E-state index contributed by atoms with van der Waals surface area (Å²) in [4.78, 5) is 17.8. The van der Waals surface area contributed by atoms with Crippen LogP contribution in [0.5, 0.6) is 0 Å². The number of carbonyl (C=O) groups excluding carboxylic acids is 1. The van der Waals surface area contributed by atoms with Crippen molar-refractivity contribution < 1.29 is 13.9 Å². The highest BCUT2D eigenvalue weighted by Crippen LogP contribution is 2.46. The van der Waals surface area contributed by atoms with E-state index in [0.29, 0.717) is 5.92 Å². The summed E-state index contributed by atoms with van der Waals surface area (Å²) in [5.74, 6) is 0.583. The fourth-order valence-corrected chi connectivity index (χ4v) is 4.54. The van der Waals surface area contributed by atoms with Crippen LogP contribution in [0.25, 0.3) is 0 Å². The van der Waals surface area contributed by atoms with Gasteiger partial charge in [-0.05, 0) is 42.9 Å². The molecule has 3 aliphatic rings. The van der Waals surface area contributed by atoms with Crippen molar-refractivity contribution in [3.8, 4) is 0 Å². The quantitative estimate of drug-likeness (QED) is 0.839. The van der Waals surface area contributed by atoms with Crippen molar-refractivity contribution in [1.82, 2.24) is 9.80 Å². The second-order valence-corrected chi connectivity index (χ2v) is 7.76. The summed E-state index contributed by atoms with van der Waals surface area (Å²) in [6, 6.07) is 6.56. The van der Waals surface area contributed by atoms with Gasteiger partial charge in [-0.2, -0.15) is 0 Å². The van der Waals surface area contributed by atoms with Crippen molar-refractivity contribution in [2.24, 2.45) is 5.92 Å². The van der Waals surface area contributed by atoms with Gasteiger partial charge in [0.2, 0.25) is 5.91 Å². The third-order valence-electron chi connectivity index (χ3n) is 6.21. The maximum absolute atomic E-state index is 13.3. The molecule has 1 unspecified atom stereocenters. The van der Waals surface area contributed by atoms with Crippen LogP contribution in [0.2, 0.25) is 0 Å². The Hall–Kier alpha value is -1.46. The number of morpholine rings is 1. The van der Waals surface area contributed by atoms with E-state index in [1.165, 1.54) is 12.1 Å². The highest BCUT2D eigenvalue weighted by molar-refractivity contribution is 5.89. The second-order valence-electron chi connectivity index (χ2n) is 7.76. The van der Waals surface area contributed by atoms with E-state index in [9.17, 15) is 9.18 Å². The van der Waals surface area contributed by atoms with Crippen LogP contribution in [-0.4, -0.2) is 61.6 Å². The van der Waals surface area contributed by atoms with E-state index in [2.05, 4.69) is 9.80 Å². The number of hydrogen-bond acceptors (Lipinski definition) is 3. The van der Waals surface area contributed by atoms with Crippen LogP contribution < -0.4 is 0 Å². The normalized spacial score (nSPS) is 26.4. The van der Waals surface area contributed by atoms with Gasteiger partial charge in [0, 0.05) is 32.7 Å². The summed E-state index contributed by atoms with van der Waals surface area (Å²) in [6.45, 7) is 6.44. The van der Waals surface area contributed by atoms with Crippen molar-refractivity contribution in [2.75, 3.05) is 45.9 Å². The monoisotopic (exact) mass is 346 g/mol. The number of halogens is 1. The Kier molecular flexibility index (Phi) is 4.78. The first-order chi connectivity index (χ1) is 12.2. The Morgan fingerprint density at radius 1 is 1.16 bits per heavy atom. The molecule has 5 heteroatoms. The lowest BCUT2D eigenvalue weighted by molar-refractivity contribution is -0.140. The van der Waals surface area contributed by atoms with Crippen molar-refractivity contribution in [2.45, 2.75) is 31.1 Å². The third-order valence-corrected chi connectivity index (χ3v) is 6.21. The molecule has 1 aliphatic carbocycles. The average Bonchev–Trinajstić information content (AvgIpc) is 3.05. The molecular weight excluding hydrogens is 319 g/mol. The number of rotatable bonds is 4. The predicted octanol–water partition coefficient (Wildman–Crippen LogP) is 2.43. The summed E-state index contributed by atoms with van der Waals surface area (Å²) in [6.07, 6.45) is 3.95. The molecule has 1 atom stereocenters. The summed E-state index contributed by atoms with van der Waals surface area (Å²) < 4.78 is 18.7. The molecule has 4 nitrogen and oxygen atoms in total. The first kappa shape index (κ1) is 17.0. The topological polar surface area (TPSA) is 32.8 Å². The van der Waals surface area contributed by atoms with E-state index in [1.54, 1.807) is 12.1 Å². The number of ether oxygens (including phenoxy) is 1. The fraction of sp³-hybridized carbons (Fsp3) is 0.650. The molecule has 1 saturated carbocycles. The predicted molar refractivity (Wildman–Crippen MR) is 93.9 cm³/mol. The molecule has 0 spiro atoms. The zero-order valence-electron chi connectivity index (χ0n) is 14.8. The van der Waals surface area contributed by atoms with Crippen LogP contribution in [0.15, 0.2) is 24.3 Å². The van der Waals surface area contributed by atoms with E-state index in [1.807, 2.05) is 0 Å². The van der Waals surface area contributed by atoms with Gasteiger partial charge in [0.25, 0.3) is 0 Å². The smallest absolute Gasteiger partial charge is 0.233 e. The van der Waals surface area contributed by atoms with Gasteiger partial charge in [-0.3, -0.25) is 9.69 Å². The van der Waals surface area contributed by atoms with E-state index < -0.39 is 5.41 Å².